The maximum Gasteiger partial charge on any atom is 0.420 e. The minimum Gasteiger partial charge on any atom is -0.460 e. The molecule has 0 N–H and O–H groups in total. The molecule has 1 heterocycles. The van der Waals surface area contributed by atoms with Crippen molar-refractivity contribution in [1.29, 1.82) is 0 Å². The quantitative estimate of drug-likeness (QED) is 0.628. The average Bonchev–Trinajstić information content (AvgIpc) is 3.19. The maximum absolute atomic E-state index is 13.1. The summed E-state index contributed by atoms with van der Waals surface area (Å²) in [6.07, 6.45) is -2.39. The molecule has 0 spiro atoms. The molecule has 1 aromatic heterocycles. The van der Waals surface area contributed by atoms with Crippen molar-refractivity contribution in [3.8, 4) is 0 Å². The smallest absolute Gasteiger partial charge is 0.420 e. The first kappa shape index (κ1) is 14.9. The molecule has 1 aliphatic carbocycles. The highest BCUT2D eigenvalue weighted by Crippen LogP contribution is 2.45. The molecule has 0 amide bonds. The number of alkyl halides is 3. The first-order chi connectivity index (χ1) is 9.38. The summed E-state index contributed by atoms with van der Waals surface area (Å²) in [6.45, 7) is 7.50. The molecule has 3 rings (SSSR count). The van der Waals surface area contributed by atoms with Crippen LogP contribution in [0.5, 0.6) is 0 Å². The summed E-state index contributed by atoms with van der Waals surface area (Å²) in [5, 5.41) is 0.601. The Labute approximate surface area is 116 Å². The molecule has 1 aliphatic rings. The summed E-state index contributed by atoms with van der Waals surface area (Å²) in [4.78, 5) is 0. The Morgan fingerprint density at radius 2 is 1.70 bits per heavy atom. The van der Waals surface area contributed by atoms with Gasteiger partial charge in [0.1, 0.15) is 11.3 Å². The van der Waals surface area contributed by atoms with E-state index >= 15 is 0 Å². The first-order valence-electron chi connectivity index (χ1n) is 6.99. The zero-order valence-electron chi connectivity index (χ0n) is 12.2. The van der Waals surface area contributed by atoms with Gasteiger partial charge in [-0.1, -0.05) is 13.8 Å². The van der Waals surface area contributed by atoms with Gasteiger partial charge in [-0.25, -0.2) is 0 Å². The largest absolute Gasteiger partial charge is 0.460 e. The van der Waals surface area contributed by atoms with Gasteiger partial charge in [-0.15, -0.1) is 0 Å². The van der Waals surface area contributed by atoms with Gasteiger partial charge in [0.05, 0.1) is 5.56 Å². The predicted molar refractivity (Wildman–Crippen MR) is 74.0 cm³/mol. The highest BCUT2D eigenvalue weighted by molar-refractivity contribution is 5.86. The van der Waals surface area contributed by atoms with E-state index in [1.165, 1.54) is 6.07 Å². The molecule has 0 radical (unpaired) electrons. The van der Waals surface area contributed by atoms with Crippen LogP contribution < -0.4 is 0 Å². The van der Waals surface area contributed by atoms with E-state index in [-0.39, 0.29) is 5.58 Å². The summed E-state index contributed by atoms with van der Waals surface area (Å²) in [5.74, 6) is 0.855. The predicted octanol–water partition coefficient (Wildman–Crippen LogP) is 5.97. The summed E-state index contributed by atoms with van der Waals surface area (Å²) in [7, 11) is 0. The van der Waals surface area contributed by atoms with Crippen molar-refractivity contribution < 1.29 is 17.6 Å². The molecule has 0 saturated heterocycles. The minimum absolute atomic E-state index is 0.0260. The van der Waals surface area contributed by atoms with Crippen LogP contribution in [0.2, 0.25) is 0 Å². The number of halogens is 3. The van der Waals surface area contributed by atoms with Gasteiger partial charge < -0.3 is 4.42 Å². The van der Waals surface area contributed by atoms with Gasteiger partial charge in [-0.2, -0.15) is 13.2 Å². The van der Waals surface area contributed by atoms with Crippen molar-refractivity contribution in [2.45, 2.75) is 52.6 Å². The highest BCUT2D eigenvalue weighted by Gasteiger charge is 2.37. The van der Waals surface area contributed by atoms with Crippen LogP contribution >= 0.6 is 0 Å². The van der Waals surface area contributed by atoms with Gasteiger partial charge in [0.25, 0.3) is 0 Å². The lowest BCUT2D eigenvalue weighted by molar-refractivity contribution is -0.136. The molecule has 0 aliphatic heterocycles. The molecule has 110 valence electrons. The van der Waals surface area contributed by atoms with Crippen molar-refractivity contribution in [3.63, 3.8) is 0 Å². The van der Waals surface area contributed by atoms with Crippen molar-refractivity contribution >= 4 is 11.0 Å². The van der Waals surface area contributed by atoms with E-state index in [1.54, 1.807) is 13.8 Å². The van der Waals surface area contributed by atoms with E-state index in [2.05, 4.69) is 0 Å². The zero-order chi connectivity index (χ0) is 15.1. The lowest BCUT2D eigenvalue weighted by atomic mass is 10.0. The van der Waals surface area contributed by atoms with Crippen molar-refractivity contribution in [2.24, 2.45) is 0 Å². The molecule has 1 nitrogen and oxygen atoms in total. The van der Waals surface area contributed by atoms with E-state index < -0.39 is 11.7 Å². The average molecular weight is 284 g/mol. The van der Waals surface area contributed by atoms with Crippen LogP contribution in [0.4, 0.5) is 13.2 Å². The van der Waals surface area contributed by atoms with Crippen LogP contribution in [0.25, 0.3) is 11.0 Å². The van der Waals surface area contributed by atoms with Crippen molar-refractivity contribution in [3.05, 3.63) is 34.6 Å². The molecule has 0 bridgehead atoms. The van der Waals surface area contributed by atoms with E-state index in [0.29, 0.717) is 17.1 Å². The Hall–Kier alpha value is -1.45. The highest BCUT2D eigenvalue weighted by atomic mass is 19.4. The standard InChI is InChI=1S/C14H13F3O.C2H6/c1-7-8(2)18-13-11(7)5-10(9-3-4-9)6-12(13)14(15,16)17;1-2/h5-6,9H,3-4H2,1-2H3;1-2H3. The summed E-state index contributed by atoms with van der Waals surface area (Å²) in [5.41, 5.74) is 0.928. The Morgan fingerprint density at radius 1 is 1.10 bits per heavy atom. The van der Waals surface area contributed by atoms with E-state index in [4.69, 9.17) is 4.42 Å². The Bertz CT molecular complexity index is 619. The van der Waals surface area contributed by atoms with Gasteiger partial charge in [0.2, 0.25) is 0 Å². The summed E-state index contributed by atoms with van der Waals surface area (Å²) >= 11 is 0. The van der Waals surface area contributed by atoms with Crippen LogP contribution in [-0.4, -0.2) is 0 Å². The van der Waals surface area contributed by atoms with Crippen LogP contribution in [0.1, 0.15) is 55.1 Å². The van der Waals surface area contributed by atoms with Crippen LogP contribution in [0.15, 0.2) is 16.5 Å². The maximum atomic E-state index is 13.1. The fourth-order valence-corrected chi connectivity index (χ4v) is 2.32. The SMILES string of the molecule is CC.Cc1oc2c(C(F)(F)F)cc(C3CC3)cc2c1C. The normalized spacial score (nSPS) is 15.2. The van der Waals surface area contributed by atoms with E-state index in [0.717, 1.165) is 24.0 Å². The van der Waals surface area contributed by atoms with Crippen LogP contribution in [-0.2, 0) is 6.18 Å². The zero-order valence-corrected chi connectivity index (χ0v) is 12.2. The van der Waals surface area contributed by atoms with E-state index in [1.807, 2.05) is 19.9 Å². The number of aryl methyl sites for hydroxylation is 2. The monoisotopic (exact) mass is 284 g/mol. The van der Waals surface area contributed by atoms with Crippen LogP contribution in [0, 0.1) is 13.8 Å². The fraction of sp³-hybridized carbons (Fsp3) is 0.500. The van der Waals surface area contributed by atoms with Gasteiger partial charge >= 0.3 is 6.18 Å². The lowest BCUT2D eigenvalue weighted by Crippen LogP contribution is -2.06. The molecule has 1 aromatic carbocycles. The second-order valence-corrected chi connectivity index (χ2v) is 5.00. The fourth-order valence-electron chi connectivity index (χ4n) is 2.32. The molecule has 2 aromatic rings. The molecule has 4 heteroatoms. The topological polar surface area (TPSA) is 13.1 Å². The van der Waals surface area contributed by atoms with Gasteiger partial charge in [0, 0.05) is 5.39 Å². The lowest BCUT2D eigenvalue weighted by Gasteiger charge is -2.09. The van der Waals surface area contributed by atoms with Gasteiger partial charge in [-0.05, 0) is 55.9 Å². The minimum atomic E-state index is -4.36. The van der Waals surface area contributed by atoms with E-state index in [9.17, 15) is 13.2 Å². The molecular formula is C16H19F3O. The number of hydrogen-bond acceptors (Lipinski definition) is 1. The molecule has 0 unspecified atom stereocenters. The molecular weight excluding hydrogens is 265 g/mol. The van der Waals surface area contributed by atoms with Gasteiger partial charge in [0.15, 0.2) is 0 Å². The number of benzene rings is 1. The molecule has 20 heavy (non-hydrogen) atoms. The van der Waals surface area contributed by atoms with Crippen molar-refractivity contribution in [1.82, 2.24) is 0 Å². The second-order valence-electron chi connectivity index (χ2n) is 5.00. The number of fused-ring (bicyclic) bond motifs is 1. The Kier molecular flexibility index (Phi) is 3.85. The third-order valence-corrected chi connectivity index (χ3v) is 3.65. The number of rotatable bonds is 1. The summed E-state index contributed by atoms with van der Waals surface area (Å²) in [6, 6.07) is 3.11. The third-order valence-electron chi connectivity index (χ3n) is 3.65. The third kappa shape index (κ3) is 2.56. The Morgan fingerprint density at radius 3 is 2.20 bits per heavy atom. The Balaban J connectivity index is 0.000000704. The van der Waals surface area contributed by atoms with Crippen LogP contribution in [0.3, 0.4) is 0 Å². The van der Waals surface area contributed by atoms with Gasteiger partial charge in [-0.3, -0.25) is 0 Å². The second kappa shape index (κ2) is 5.15. The van der Waals surface area contributed by atoms with Crippen molar-refractivity contribution in [2.75, 3.05) is 0 Å². The first-order valence-corrected chi connectivity index (χ1v) is 6.99. The molecule has 0 atom stereocenters. The molecule has 1 fully saturated rings. The molecule has 1 saturated carbocycles. The summed E-state index contributed by atoms with van der Waals surface area (Å²) < 4.78 is 44.5. The number of hydrogen-bond donors (Lipinski definition) is 0. The number of furan rings is 1.